The number of amides is 1. The molecule has 2 aromatic heterocycles. The van der Waals surface area contributed by atoms with Crippen molar-refractivity contribution in [2.24, 2.45) is 0 Å². The molecule has 1 atom stereocenters. The molecule has 1 aliphatic heterocycles. The number of hydrogen-bond donors (Lipinski definition) is 1. The zero-order chi connectivity index (χ0) is 19.5. The fourth-order valence-electron chi connectivity index (χ4n) is 3.47. The van der Waals surface area contributed by atoms with Gasteiger partial charge in [0.25, 0.3) is 5.91 Å². The number of anilines is 1. The number of hydrogen-bond acceptors (Lipinski definition) is 5. The van der Waals surface area contributed by atoms with Crippen molar-refractivity contribution in [3.8, 4) is 0 Å². The van der Waals surface area contributed by atoms with Gasteiger partial charge < -0.3 is 14.5 Å². The normalized spacial score (nSPS) is 16.1. The molecule has 0 unspecified atom stereocenters. The molecular formula is C21H21BrN2O3S. The van der Waals surface area contributed by atoms with E-state index in [1.807, 2.05) is 0 Å². The van der Waals surface area contributed by atoms with Crippen LogP contribution in [-0.2, 0) is 4.74 Å². The molecule has 4 rings (SSSR count). The lowest BCUT2D eigenvalue weighted by molar-refractivity contribution is 0.0241. The number of morpholine rings is 1. The van der Waals surface area contributed by atoms with Gasteiger partial charge in [-0.25, -0.2) is 0 Å². The Hall–Kier alpha value is -1.93. The smallest absolute Gasteiger partial charge is 0.291 e. The van der Waals surface area contributed by atoms with E-state index in [-0.39, 0.29) is 11.9 Å². The number of aryl methyl sites for hydroxylation is 1. The molecule has 1 aliphatic rings. The number of rotatable bonds is 5. The van der Waals surface area contributed by atoms with Crippen LogP contribution in [0.3, 0.4) is 0 Å². The summed E-state index contributed by atoms with van der Waals surface area (Å²) in [7, 11) is 0. The first-order chi connectivity index (χ1) is 13.6. The second-order valence-electron chi connectivity index (χ2n) is 6.68. The molecule has 7 heteroatoms. The van der Waals surface area contributed by atoms with Crippen LogP contribution in [0.2, 0.25) is 0 Å². The van der Waals surface area contributed by atoms with Gasteiger partial charge in [-0.1, -0.05) is 28.1 Å². The summed E-state index contributed by atoms with van der Waals surface area (Å²) in [6.45, 7) is 5.19. The second kappa shape index (κ2) is 8.61. The van der Waals surface area contributed by atoms with E-state index in [9.17, 15) is 4.79 Å². The van der Waals surface area contributed by atoms with E-state index >= 15 is 0 Å². The van der Waals surface area contributed by atoms with Gasteiger partial charge in [0.05, 0.1) is 25.5 Å². The lowest BCUT2D eigenvalue weighted by atomic mass is 9.98. The van der Waals surface area contributed by atoms with Crippen LogP contribution >= 0.6 is 27.3 Å². The van der Waals surface area contributed by atoms with E-state index in [4.69, 9.17) is 9.15 Å². The van der Waals surface area contributed by atoms with E-state index in [1.165, 1.54) is 11.8 Å². The largest absolute Gasteiger partial charge is 0.459 e. The maximum Gasteiger partial charge on any atom is 0.291 e. The molecule has 0 saturated carbocycles. The number of ether oxygens (including phenoxy) is 1. The van der Waals surface area contributed by atoms with Gasteiger partial charge in [0.2, 0.25) is 0 Å². The molecule has 0 bridgehead atoms. The Morgan fingerprint density at radius 3 is 2.64 bits per heavy atom. The highest BCUT2D eigenvalue weighted by Crippen LogP contribution is 2.39. The molecule has 28 heavy (non-hydrogen) atoms. The molecule has 3 aromatic rings. The van der Waals surface area contributed by atoms with Gasteiger partial charge in [-0.3, -0.25) is 9.69 Å². The third-order valence-corrected chi connectivity index (χ3v) is 6.26. The number of thiophene rings is 1. The fraction of sp³-hybridized carbons (Fsp3) is 0.286. The van der Waals surface area contributed by atoms with Crippen molar-refractivity contribution in [3.63, 3.8) is 0 Å². The third kappa shape index (κ3) is 4.22. The minimum absolute atomic E-state index is 0.0499. The molecule has 146 valence electrons. The van der Waals surface area contributed by atoms with E-state index in [1.54, 1.807) is 23.5 Å². The quantitative estimate of drug-likeness (QED) is 0.576. The van der Waals surface area contributed by atoms with E-state index < -0.39 is 0 Å². The molecule has 0 spiro atoms. The van der Waals surface area contributed by atoms with Gasteiger partial charge in [-0.2, -0.15) is 0 Å². The van der Waals surface area contributed by atoms with Crippen molar-refractivity contribution in [2.45, 2.75) is 13.0 Å². The molecule has 0 aliphatic carbocycles. The Labute approximate surface area is 176 Å². The monoisotopic (exact) mass is 460 g/mol. The standard InChI is InChI=1S/C21H21BrN2O3S/c1-14-13-17(21(28-14)23-20(25)18-3-2-10-27-18)19(24-8-11-26-12-9-24)15-4-6-16(22)7-5-15/h2-7,10,13,19H,8-9,11-12H2,1H3,(H,23,25)/t19-/m0/s1. The predicted octanol–water partition coefficient (Wildman–Crippen LogP) is 5.09. The molecule has 1 N–H and O–H groups in total. The summed E-state index contributed by atoms with van der Waals surface area (Å²) in [5, 5.41) is 3.91. The van der Waals surface area contributed by atoms with Gasteiger partial charge >= 0.3 is 0 Å². The number of halogens is 1. The number of nitrogens with one attached hydrogen (secondary N) is 1. The van der Waals surface area contributed by atoms with E-state index in [2.05, 4.69) is 63.4 Å². The summed E-state index contributed by atoms with van der Waals surface area (Å²) < 4.78 is 11.9. The Morgan fingerprint density at radius 1 is 1.21 bits per heavy atom. The highest BCUT2D eigenvalue weighted by atomic mass is 79.9. The van der Waals surface area contributed by atoms with Crippen LogP contribution in [0.25, 0.3) is 0 Å². The predicted molar refractivity (Wildman–Crippen MR) is 114 cm³/mol. The maximum absolute atomic E-state index is 12.6. The van der Waals surface area contributed by atoms with Crippen molar-refractivity contribution in [1.29, 1.82) is 0 Å². The Morgan fingerprint density at radius 2 is 1.96 bits per heavy atom. The molecule has 3 heterocycles. The Bertz CT molecular complexity index is 931. The van der Waals surface area contributed by atoms with Crippen LogP contribution in [0, 0.1) is 6.92 Å². The first-order valence-electron chi connectivity index (χ1n) is 9.14. The average Bonchev–Trinajstić information content (AvgIpc) is 3.35. The molecule has 1 amide bonds. The fourth-order valence-corrected chi connectivity index (χ4v) is 4.68. The Kier molecular flexibility index (Phi) is 5.96. The lowest BCUT2D eigenvalue weighted by Gasteiger charge is -2.35. The number of furan rings is 1. The molecule has 1 fully saturated rings. The van der Waals surface area contributed by atoms with Crippen LogP contribution in [0.1, 0.15) is 32.6 Å². The van der Waals surface area contributed by atoms with Crippen LogP contribution < -0.4 is 5.32 Å². The van der Waals surface area contributed by atoms with Crippen LogP contribution in [0.4, 0.5) is 5.00 Å². The average molecular weight is 461 g/mol. The summed E-state index contributed by atoms with van der Waals surface area (Å²) in [5.41, 5.74) is 2.29. The summed E-state index contributed by atoms with van der Waals surface area (Å²) in [6, 6.07) is 14.0. The summed E-state index contributed by atoms with van der Waals surface area (Å²) in [4.78, 5) is 16.1. The second-order valence-corrected chi connectivity index (χ2v) is 8.85. The number of nitrogens with zero attached hydrogens (tertiary/aromatic N) is 1. The van der Waals surface area contributed by atoms with Gasteiger partial charge in [-0.15, -0.1) is 11.3 Å². The van der Waals surface area contributed by atoms with Crippen LogP contribution in [0.15, 0.2) is 57.6 Å². The number of carbonyl (C=O) groups is 1. The first-order valence-corrected chi connectivity index (χ1v) is 10.8. The maximum atomic E-state index is 12.6. The molecule has 0 radical (unpaired) electrons. The lowest BCUT2D eigenvalue weighted by Crippen LogP contribution is -2.39. The highest BCUT2D eigenvalue weighted by Gasteiger charge is 2.28. The summed E-state index contributed by atoms with van der Waals surface area (Å²) >= 11 is 5.11. The zero-order valence-electron chi connectivity index (χ0n) is 15.5. The SMILES string of the molecule is Cc1cc([C@H](c2ccc(Br)cc2)N2CCOCC2)c(NC(=O)c2ccco2)s1. The minimum Gasteiger partial charge on any atom is -0.459 e. The van der Waals surface area contributed by atoms with Crippen molar-refractivity contribution in [3.05, 3.63) is 75.0 Å². The molecule has 1 saturated heterocycles. The summed E-state index contributed by atoms with van der Waals surface area (Å²) in [6.07, 6.45) is 1.51. The highest BCUT2D eigenvalue weighted by molar-refractivity contribution is 9.10. The van der Waals surface area contributed by atoms with Gasteiger partial charge in [0, 0.05) is 28.0 Å². The van der Waals surface area contributed by atoms with Crippen molar-refractivity contribution >= 4 is 38.2 Å². The van der Waals surface area contributed by atoms with Gasteiger partial charge in [0.1, 0.15) is 5.00 Å². The number of benzene rings is 1. The van der Waals surface area contributed by atoms with Crippen LogP contribution in [-0.4, -0.2) is 37.1 Å². The van der Waals surface area contributed by atoms with Gasteiger partial charge in [0.15, 0.2) is 5.76 Å². The molecule has 5 nitrogen and oxygen atoms in total. The third-order valence-electron chi connectivity index (χ3n) is 4.75. The topological polar surface area (TPSA) is 54.7 Å². The van der Waals surface area contributed by atoms with Crippen molar-refractivity contribution < 1.29 is 13.9 Å². The van der Waals surface area contributed by atoms with Crippen molar-refractivity contribution in [1.82, 2.24) is 4.90 Å². The van der Waals surface area contributed by atoms with Crippen molar-refractivity contribution in [2.75, 3.05) is 31.6 Å². The van der Waals surface area contributed by atoms with Crippen LogP contribution in [0.5, 0.6) is 0 Å². The minimum atomic E-state index is -0.232. The van der Waals surface area contributed by atoms with E-state index in [0.717, 1.165) is 33.0 Å². The first kappa shape index (κ1) is 19.4. The number of carbonyl (C=O) groups excluding carboxylic acids is 1. The Balaban J connectivity index is 1.71. The van der Waals surface area contributed by atoms with E-state index in [0.29, 0.717) is 19.0 Å². The zero-order valence-corrected chi connectivity index (χ0v) is 17.9. The summed E-state index contributed by atoms with van der Waals surface area (Å²) in [5.74, 6) is 0.0770. The molecule has 1 aromatic carbocycles. The molecular weight excluding hydrogens is 440 g/mol. The van der Waals surface area contributed by atoms with Gasteiger partial charge in [-0.05, 0) is 42.8 Å².